The lowest BCUT2D eigenvalue weighted by atomic mass is 9.92. The molecule has 0 radical (unpaired) electrons. The molecule has 1 aromatic heterocycles. The third kappa shape index (κ3) is 1.73. The smallest absolute Gasteiger partial charge is 0.231 e. The van der Waals surface area contributed by atoms with E-state index in [0.717, 1.165) is 28.2 Å². The van der Waals surface area contributed by atoms with Crippen LogP contribution in [0.2, 0.25) is 0 Å². The van der Waals surface area contributed by atoms with Gasteiger partial charge in [-0.15, -0.1) is 0 Å². The molecule has 1 aromatic carbocycles. The molecule has 3 rings (SSSR count). The van der Waals surface area contributed by atoms with Crippen molar-refractivity contribution < 1.29 is 9.47 Å². The minimum absolute atomic E-state index is 0.279. The van der Waals surface area contributed by atoms with Crippen molar-refractivity contribution in [2.75, 3.05) is 12.5 Å². The van der Waals surface area contributed by atoms with E-state index >= 15 is 0 Å². The van der Waals surface area contributed by atoms with Crippen molar-refractivity contribution in [3.8, 4) is 22.6 Å². The zero-order valence-electron chi connectivity index (χ0n) is 11.3. The molecule has 0 unspecified atom stereocenters. The maximum absolute atomic E-state index is 6.08. The number of nitrogen functional groups attached to an aromatic ring is 1. The van der Waals surface area contributed by atoms with Crippen molar-refractivity contribution in [3.63, 3.8) is 0 Å². The first kappa shape index (κ1) is 11.9. The van der Waals surface area contributed by atoms with Gasteiger partial charge in [-0.05, 0) is 23.6 Å². The van der Waals surface area contributed by atoms with Crippen LogP contribution in [0.4, 0.5) is 5.82 Å². The highest BCUT2D eigenvalue weighted by Crippen LogP contribution is 2.45. The van der Waals surface area contributed by atoms with E-state index in [4.69, 9.17) is 15.2 Å². The highest BCUT2D eigenvalue weighted by molar-refractivity contribution is 5.79. The highest BCUT2D eigenvalue weighted by Gasteiger charge is 2.24. The Kier molecular flexibility index (Phi) is 2.62. The highest BCUT2D eigenvalue weighted by atomic mass is 16.7. The predicted octanol–water partition coefficient (Wildman–Crippen LogP) is 2.52. The van der Waals surface area contributed by atoms with Crippen LogP contribution in [0.25, 0.3) is 11.1 Å². The largest absolute Gasteiger partial charge is 0.454 e. The van der Waals surface area contributed by atoms with E-state index in [0.29, 0.717) is 11.7 Å². The van der Waals surface area contributed by atoms with Crippen LogP contribution < -0.4 is 15.2 Å². The summed E-state index contributed by atoms with van der Waals surface area (Å²) in [7, 11) is 1.83. The van der Waals surface area contributed by atoms with Gasteiger partial charge in [0.15, 0.2) is 11.5 Å². The van der Waals surface area contributed by atoms with Crippen LogP contribution >= 0.6 is 0 Å². The third-order valence-electron chi connectivity index (χ3n) is 3.43. The molecule has 2 N–H and O–H groups in total. The van der Waals surface area contributed by atoms with Crippen LogP contribution in [0.1, 0.15) is 25.3 Å². The Labute approximate surface area is 111 Å². The van der Waals surface area contributed by atoms with Crippen LogP contribution in [0.3, 0.4) is 0 Å². The van der Waals surface area contributed by atoms with E-state index in [1.807, 2.05) is 19.2 Å². The van der Waals surface area contributed by atoms with Gasteiger partial charge >= 0.3 is 0 Å². The second kappa shape index (κ2) is 4.19. The summed E-state index contributed by atoms with van der Waals surface area (Å²) >= 11 is 0. The minimum atomic E-state index is 0.279. The van der Waals surface area contributed by atoms with Crippen molar-refractivity contribution in [2.45, 2.75) is 19.8 Å². The van der Waals surface area contributed by atoms with Crippen LogP contribution in [0.5, 0.6) is 11.5 Å². The van der Waals surface area contributed by atoms with Gasteiger partial charge in [0.05, 0.1) is 6.20 Å². The quantitative estimate of drug-likeness (QED) is 0.900. The summed E-state index contributed by atoms with van der Waals surface area (Å²) in [6.07, 6.45) is 1.79. The Morgan fingerprint density at radius 2 is 2.05 bits per heavy atom. The number of ether oxygens (including phenoxy) is 2. The van der Waals surface area contributed by atoms with Gasteiger partial charge in [-0.2, -0.15) is 5.10 Å². The average Bonchev–Trinajstić information content (AvgIpc) is 2.96. The SMILES string of the molecule is CC(C)c1c(-c2cnn(C)c2N)ccc2c1OCO2. The van der Waals surface area contributed by atoms with Crippen molar-refractivity contribution >= 4 is 5.82 Å². The topological polar surface area (TPSA) is 62.3 Å². The Bertz CT molecular complexity index is 632. The van der Waals surface area contributed by atoms with Crippen LogP contribution in [-0.2, 0) is 7.05 Å². The van der Waals surface area contributed by atoms with E-state index in [-0.39, 0.29) is 6.79 Å². The summed E-state index contributed by atoms with van der Waals surface area (Å²) in [6.45, 7) is 4.54. The van der Waals surface area contributed by atoms with Gasteiger partial charge in [-0.25, -0.2) is 0 Å². The number of nitrogens with two attached hydrogens (primary N) is 1. The molecular formula is C14H17N3O2. The zero-order chi connectivity index (χ0) is 13.6. The molecule has 1 aliphatic heterocycles. The number of aromatic nitrogens is 2. The van der Waals surface area contributed by atoms with Gasteiger partial charge in [-0.3, -0.25) is 4.68 Å². The number of hydrogen-bond donors (Lipinski definition) is 1. The van der Waals surface area contributed by atoms with Crippen molar-refractivity contribution in [2.24, 2.45) is 7.05 Å². The summed E-state index contributed by atoms with van der Waals surface area (Å²) in [5.41, 5.74) is 9.19. The summed E-state index contributed by atoms with van der Waals surface area (Å²) in [5, 5.41) is 4.21. The number of anilines is 1. The monoisotopic (exact) mass is 259 g/mol. The molecule has 0 amide bonds. The molecule has 0 atom stereocenters. The third-order valence-corrected chi connectivity index (χ3v) is 3.43. The Morgan fingerprint density at radius 3 is 2.68 bits per heavy atom. The molecule has 2 heterocycles. The first-order valence-corrected chi connectivity index (χ1v) is 6.30. The van der Waals surface area contributed by atoms with Gasteiger partial charge in [0, 0.05) is 18.2 Å². The summed E-state index contributed by atoms with van der Waals surface area (Å²) in [4.78, 5) is 0. The molecule has 0 bridgehead atoms. The lowest BCUT2D eigenvalue weighted by molar-refractivity contribution is 0.173. The normalized spacial score (nSPS) is 13.3. The maximum atomic E-state index is 6.08. The molecule has 5 heteroatoms. The van der Waals surface area contributed by atoms with Crippen molar-refractivity contribution in [1.29, 1.82) is 0 Å². The van der Waals surface area contributed by atoms with Crippen molar-refractivity contribution in [3.05, 3.63) is 23.9 Å². The number of benzene rings is 1. The fourth-order valence-corrected chi connectivity index (χ4v) is 2.46. The van der Waals surface area contributed by atoms with Gasteiger partial charge in [-0.1, -0.05) is 13.8 Å². The van der Waals surface area contributed by atoms with E-state index < -0.39 is 0 Å². The molecular weight excluding hydrogens is 242 g/mol. The standard InChI is InChI=1S/C14H17N3O2/c1-8(2)12-9(10-6-16-17(3)14(10)15)4-5-11-13(12)19-7-18-11/h4-6,8H,7,15H2,1-3H3. The first-order chi connectivity index (χ1) is 9.09. The second-order valence-corrected chi connectivity index (χ2v) is 4.98. The minimum Gasteiger partial charge on any atom is -0.454 e. The lowest BCUT2D eigenvalue weighted by Crippen LogP contribution is -2.00. The number of rotatable bonds is 2. The number of hydrogen-bond acceptors (Lipinski definition) is 4. The fraction of sp³-hybridized carbons (Fsp3) is 0.357. The fourth-order valence-electron chi connectivity index (χ4n) is 2.46. The molecule has 0 fully saturated rings. The second-order valence-electron chi connectivity index (χ2n) is 4.98. The molecule has 2 aromatic rings. The summed E-state index contributed by atoms with van der Waals surface area (Å²) < 4.78 is 12.7. The number of fused-ring (bicyclic) bond motifs is 1. The van der Waals surface area contributed by atoms with Gasteiger partial charge in [0.25, 0.3) is 0 Å². The maximum Gasteiger partial charge on any atom is 0.231 e. The van der Waals surface area contributed by atoms with Gasteiger partial charge in [0.2, 0.25) is 6.79 Å². The van der Waals surface area contributed by atoms with E-state index in [1.54, 1.807) is 10.9 Å². The summed E-state index contributed by atoms with van der Waals surface area (Å²) in [6, 6.07) is 3.95. The first-order valence-electron chi connectivity index (χ1n) is 6.30. The number of nitrogens with zero attached hydrogens (tertiary/aromatic N) is 2. The molecule has 0 aliphatic carbocycles. The molecule has 5 nitrogen and oxygen atoms in total. The van der Waals surface area contributed by atoms with Gasteiger partial charge in [0.1, 0.15) is 5.82 Å². The Hall–Kier alpha value is -2.17. The van der Waals surface area contributed by atoms with Crippen LogP contribution in [0.15, 0.2) is 18.3 Å². The Balaban J connectivity index is 2.24. The predicted molar refractivity (Wildman–Crippen MR) is 73.3 cm³/mol. The van der Waals surface area contributed by atoms with Crippen LogP contribution in [0, 0.1) is 0 Å². The van der Waals surface area contributed by atoms with E-state index in [2.05, 4.69) is 18.9 Å². The molecule has 0 spiro atoms. The van der Waals surface area contributed by atoms with E-state index in [1.165, 1.54) is 0 Å². The van der Waals surface area contributed by atoms with E-state index in [9.17, 15) is 0 Å². The molecule has 1 aliphatic rings. The summed E-state index contributed by atoms with van der Waals surface area (Å²) in [5.74, 6) is 2.60. The van der Waals surface area contributed by atoms with Crippen molar-refractivity contribution in [1.82, 2.24) is 9.78 Å². The van der Waals surface area contributed by atoms with Crippen LogP contribution in [-0.4, -0.2) is 16.6 Å². The molecule has 100 valence electrons. The Morgan fingerprint density at radius 1 is 1.26 bits per heavy atom. The molecule has 0 saturated carbocycles. The zero-order valence-corrected chi connectivity index (χ0v) is 11.3. The molecule has 19 heavy (non-hydrogen) atoms. The van der Waals surface area contributed by atoms with Gasteiger partial charge < -0.3 is 15.2 Å². The lowest BCUT2D eigenvalue weighted by Gasteiger charge is -2.15. The molecule has 0 saturated heterocycles. The average molecular weight is 259 g/mol. The number of aryl methyl sites for hydroxylation is 1.